The monoisotopic (exact) mass is 485 g/mol. The van der Waals surface area contributed by atoms with E-state index in [1.807, 2.05) is 37.3 Å². The predicted molar refractivity (Wildman–Crippen MR) is 129 cm³/mol. The average molecular weight is 486 g/mol. The van der Waals surface area contributed by atoms with Gasteiger partial charge in [0.15, 0.2) is 0 Å². The fourth-order valence-corrected chi connectivity index (χ4v) is 4.25. The summed E-state index contributed by atoms with van der Waals surface area (Å²) in [5.41, 5.74) is 3.91. The first-order valence-corrected chi connectivity index (χ1v) is 11.7. The third kappa shape index (κ3) is 5.78. The van der Waals surface area contributed by atoms with Gasteiger partial charge in [0.2, 0.25) is 0 Å². The van der Waals surface area contributed by atoms with Crippen molar-refractivity contribution in [1.82, 2.24) is 4.90 Å². The van der Waals surface area contributed by atoms with E-state index < -0.39 is 0 Å². The molecule has 34 heavy (non-hydrogen) atoms. The van der Waals surface area contributed by atoms with Crippen LogP contribution in [0.2, 0.25) is 5.02 Å². The first-order chi connectivity index (χ1) is 16.4. The quantitative estimate of drug-likeness (QED) is 0.254. The van der Waals surface area contributed by atoms with Gasteiger partial charge in [-0.3, -0.25) is 9.69 Å². The normalized spacial score (nSPS) is 13.5. The van der Waals surface area contributed by atoms with E-state index in [9.17, 15) is 9.59 Å². The molecule has 8 heteroatoms. The van der Waals surface area contributed by atoms with E-state index in [2.05, 4.69) is 4.90 Å². The van der Waals surface area contributed by atoms with Crippen LogP contribution in [0.5, 0.6) is 5.75 Å². The van der Waals surface area contributed by atoms with Crippen molar-refractivity contribution in [2.45, 2.75) is 32.7 Å². The number of methoxy groups -OCH3 is 1. The second-order valence-corrected chi connectivity index (χ2v) is 8.82. The number of esters is 1. The number of ether oxygens (including phenoxy) is 3. The van der Waals surface area contributed by atoms with Crippen molar-refractivity contribution in [3.8, 4) is 5.75 Å². The summed E-state index contributed by atoms with van der Waals surface area (Å²) >= 11 is 5.99. The van der Waals surface area contributed by atoms with Crippen LogP contribution in [0.3, 0.4) is 0 Å². The van der Waals surface area contributed by atoms with Crippen LogP contribution in [-0.4, -0.2) is 44.5 Å². The van der Waals surface area contributed by atoms with Gasteiger partial charge < -0.3 is 18.6 Å². The van der Waals surface area contributed by atoms with Gasteiger partial charge in [0.25, 0.3) is 0 Å². The third-order valence-corrected chi connectivity index (χ3v) is 6.17. The van der Waals surface area contributed by atoms with E-state index in [1.54, 1.807) is 7.11 Å². The van der Waals surface area contributed by atoms with Crippen molar-refractivity contribution in [2.75, 3.05) is 33.6 Å². The highest BCUT2D eigenvalue weighted by Crippen LogP contribution is 2.37. The summed E-state index contributed by atoms with van der Waals surface area (Å²) in [6, 6.07) is 11.2. The molecule has 180 valence electrons. The van der Waals surface area contributed by atoms with Gasteiger partial charge in [-0.05, 0) is 54.7 Å². The Labute approximate surface area is 203 Å². The molecule has 7 nitrogen and oxygen atoms in total. The molecular weight excluding hydrogens is 458 g/mol. The van der Waals surface area contributed by atoms with Gasteiger partial charge in [0, 0.05) is 43.1 Å². The molecule has 0 amide bonds. The number of benzene rings is 2. The van der Waals surface area contributed by atoms with Crippen LogP contribution < -0.4 is 10.4 Å². The molecular formula is C26H28ClNO6. The number of hydrogen-bond donors (Lipinski definition) is 0. The summed E-state index contributed by atoms with van der Waals surface area (Å²) in [5.74, 6) is 0.399. The summed E-state index contributed by atoms with van der Waals surface area (Å²) in [5, 5.41) is 1.57. The molecule has 1 aromatic heterocycles. The fourth-order valence-electron chi connectivity index (χ4n) is 4.12. The standard InChI is InChI=1S/C26H28ClNO6/c1-17-13-24(30)34-26-21(17)14-19(5-8-23(29)32-12-11-31-2)25-22(26)15-28(16-33-25)10-9-18-3-6-20(27)7-4-18/h3-4,6-7,13-14H,5,8-12,15-16H2,1-2H3. The van der Waals surface area contributed by atoms with E-state index in [0.717, 1.165) is 35.0 Å². The van der Waals surface area contributed by atoms with Gasteiger partial charge in [-0.25, -0.2) is 4.79 Å². The van der Waals surface area contributed by atoms with Gasteiger partial charge in [-0.1, -0.05) is 23.7 Å². The average Bonchev–Trinajstić information content (AvgIpc) is 2.82. The highest BCUT2D eigenvalue weighted by Gasteiger charge is 2.25. The summed E-state index contributed by atoms with van der Waals surface area (Å²) in [4.78, 5) is 26.4. The summed E-state index contributed by atoms with van der Waals surface area (Å²) < 4.78 is 21.9. The Balaban J connectivity index is 1.57. The van der Waals surface area contributed by atoms with Gasteiger partial charge in [0.1, 0.15) is 24.7 Å². The first kappa shape index (κ1) is 24.3. The highest BCUT2D eigenvalue weighted by molar-refractivity contribution is 6.30. The molecule has 4 rings (SSSR count). The van der Waals surface area contributed by atoms with Crippen LogP contribution >= 0.6 is 11.6 Å². The maximum absolute atomic E-state index is 12.1. The van der Waals surface area contributed by atoms with Crippen LogP contribution in [0.15, 0.2) is 45.6 Å². The lowest BCUT2D eigenvalue weighted by atomic mass is 9.97. The molecule has 0 fully saturated rings. The van der Waals surface area contributed by atoms with E-state index in [4.69, 9.17) is 30.2 Å². The lowest BCUT2D eigenvalue weighted by Gasteiger charge is -2.31. The Hall–Kier alpha value is -2.87. The van der Waals surface area contributed by atoms with Gasteiger partial charge >= 0.3 is 11.6 Å². The summed E-state index contributed by atoms with van der Waals surface area (Å²) in [6.07, 6.45) is 1.53. The fraction of sp³-hybridized carbons (Fsp3) is 0.385. The molecule has 0 unspecified atom stereocenters. The molecule has 3 aromatic rings. The molecule has 0 N–H and O–H groups in total. The van der Waals surface area contributed by atoms with E-state index >= 15 is 0 Å². The number of rotatable bonds is 9. The zero-order chi connectivity index (χ0) is 24.1. The zero-order valence-corrected chi connectivity index (χ0v) is 20.2. The molecule has 0 saturated carbocycles. The number of carbonyl (C=O) groups is 1. The Morgan fingerprint density at radius 1 is 1.15 bits per heavy atom. The van der Waals surface area contributed by atoms with Gasteiger partial charge in [-0.15, -0.1) is 0 Å². The first-order valence-electron chi connectivity index (χ1n) is 11.3. The van der Waals surface area contributed by atoms with Crippen molar-refractivity contribution in [2.24, 2.45) is 0 Å². The van der Waals surface area contributed by atoms with Crippen molar-refractivity contribution >= 4 is 28.5 Å². The van der Waals surface area contributed by atoms with Gasteiger partial charge in [-0.2, -0.15) is 0 Å². The minimum absolute atomic E-state index is 0.223. The number of halogens is 1. The zero-order valence-electron chi connectivity index (χ0n) is 19.4. The predicted octanol–water partition coefficient (Wildman–Crippen LogP) is 4.27. The van der Waals surface area contributed by atoms with E-state index in [1.165, 1.54) is 11.6 Å². The van der Waals surface area contributed by atoms with Gasteiger partial charge in [0.05, 0.1) is 12.2 Å². The summed E-state index contributed by atoms with van der Waals surface area (Å²) in [7, 11) is 1.56. The van der Waals surface area contributed by atoms with Crippen molar-refractivity contribution in [1.29, 1.82) is 0 Å². The molecule has 0 atom stereocenters. The Morgan fingerprint density at radius 3 is 2.71 bits per heavy atom. The number of nitrogens with zero attached hydrogens (tertiary/aromatic N) is 1. The molecule has 0 aliphatic carbocycles. The lowest BCUT2D eigenvalue weighted by Crippen LogP contribution is -2.34. The van der Waals surface area contributed by atoms with Crippen molar-refractivity contribution < 1.29 is 23.4 Å². The smallest absolute Gasteiger partial charge is 0.336 e. The minimum atomic E-state index is -0.389. The number of aryl methyl sites for hydroxylation is 2. The second kappa shape index (κ2) is 11.0. The lowest BCUT2D eigenvalue weighted by molar-refractivity contribution is -0.144. The highest BCUT2D eigenvalue weighted by atomic mass is 35.5. The molecule has 1 aliphatic heterocycles. The number of carbonyl (C=O) groups excluding carboxylic acids is 1. The third-order valence-electron chi connectivity index (χ3n) is 5.92. The molecule has 0 spiro atoms. The Kier molecular flexibility index (Phi) is 7.88. The summed E-state index contributed by atoms with van der Waals surface area (Å²) in [6.45, 7) is 4.25. The van der Waals surface area contributed by atoms with Crippen LogP contribution in [-0.2, 0) is 33.7 Å². The molecule has 2 heterocycles. The topological polar surface area (TPSA) is 78.2 Å². The van der Waals surface area contributed by atoms with Crippen molar-refractivity contribution in [3.05, 3.63) is 74.1 Å². The largest absolute Gasteiger partial charge is 0.477 e. The van der Waals surface area contributed by atoms with Crippen LogP contribution in [0.1, 0.15) is 28.7 Å². The van der Waals surface area contributed by atoms with Crippen LogP contribution in [0.4, 0.5) is 0 Å². The second-order valence-electron chi connectivity index (χ2n) is 8.38. The SMILES string of the molecule is COCCOC(=O)CCc1cc2c(C)cc(=O)oc2c2c1OCN(CCc1ccc(Cl)cc1)C2. The van der Waals surface area contributed by atoms with Crippen LogP contribution in [0, 0.1) is 6.92 Å². The maximum Gasteiger partial charge on any atom is 0.336 e. The number of hydrogen-bond acceptors (Lipinski definition) is 7. The van der Waals surface area contributed by atoms with E-state index in [-0.39, 0.29) is 24.6 Å². The maximum atomic E-state index is 12.1. The molecule has 1 aliphatic rings. The molecule has 2 aromatic carbocycles. The van der Waals surface area contributed by atoms with Crippen LogP contribution in [0.25, 0.3) is 11.0 Å². The molecule has 0 saturated heterocycles. The Morgan fingerprint density at radius 2 is 1.94 bits per heavy atom. The van der Waals surface area contributed by atoms with Crippen molar-refractivity contribution in [3.63, 3.8) is 0 Å². The minimum Gasteiger partial charge on any atom is -0.477 e. The Bertz CT molecular complexity index is 1220. The van der Waals surface area contributed by atoms with E-state index in [0.29, 0.717) is 42.7 Å². The number of fused-ring (bicyclic) bond motifs is 3. The molecule has 0 radical (unpaired) electrons. The molecule has 0 bridgehead atoms.